The number of hydrogen-bond acceptors (Lipinski definition) is 5. The monoisotopic (exact) mass is 477 g/mol. The third-order valence-corrected chi connectivity index (χ3v) is 4.32. The molecule has 1 aliphatic rings. The van der Waals surface area contributed by atoms with Crippen LogP contribution in [0.2, 0.25) is 0 Å². The van der Waals surface area contributed by atoms with Crippen LogP contribution in [-0.4, -0.2) is 84.4 Å². The summed E-state index contributed by atoms with van der Waals surface area (Å²) in [6, 6.07) is 0. The van der Waals surface area contributed by atoms with Crippen LogP contribution in [0.25, 0.3) is 0 Å². The molecule has 0 heterocycles. The molecule has 0 aromatic heterocycles. The van der Waals surface area contributed by atoms with Crippen LogP contribution in [-0.2, 0) is 19.3 Å². The van der Waals surface area contributed by atoms with E-state index in [-0.39, 0.29) is 36.3 Å². The van der Waals surface area contributed by atoms with E-state index in [4.69, 9.17) is 9.47 Å². The van der Waals surface area contributed by atoms with Gasteiger partial charge in [-0.1, -0.05) is 0 Å². The molecule has 0 unspecified atom stereocenters. The van der Waals surface area contributed by atoms with Crippen LogP contribution in [0, 0.1) is 5.92 Å². The molecule has 9 heteroatoms. The highest BCUT2D eigenvalue weighted by molar-refractivity contribution is 14.0. The highest BCUT2D eigenvalue weighted by Gasteiger charge is 2.21. The highest BCUT2D eigenvalue weighted by Crippen LogP contribution is 2.28. The summed E-state index contributed by atoms with van der Waals surface area (Å²) in [4.78, 5) is 6.51. The maximum atomic E-state index is 11.0. The lowest BCUT2D eigenvalue weighted by atomic mass is 10.5. The maximum Gasteiger partial charge on any atom is 0.193 e. The Morgan fingerprint density at radius 1 is 1.25 bits per heavy atom. The van der Waals surface area contributed by atoms with Gasteiger partial charge in [0.15, 0.2) is 5.96 Å². The SMILES string of the molecule is CCNC(=NCCOCCS(C)(=O)=O)N(C)CCOCC1CC1.I. The number of rotatable bonds is 12. The number of nitrogens with zero attached hydrogens (tertiary/aromatic N) is 2. The van der Waals surface area contributed by atoms with Gasteiger partial charge in [-0.2, -0.15) is 0 Å². The third kappa shape index (κ3) is 13.2. The van der Waals surface area contributed by atoms with Crippen LogP contribution in [0.3, 0.4) is 0 Å². The predicted octanol–water partition coefficient (Wildman–Crippen LogP) is 0.990. The van der Waals surface area contributed by atoms with Crippen LogP contribution in [0.5, 0.6) is 0 Å². The van der Waals surface area contributed by atoms with Gasteiger partial charge in [-0.15, -0.1) is 24.0 Å². The number of likely N-dealkylation sites (N-methyl/N-ethyl adjacent to an activating group) is 1. The van der Waals surface area contributed by atoms with Gasteiger partial charge in [0.2, 0.25) is 0 Å². The molecule has 24 heavy (non-hydrogen) atoms. The molecule has 0 aliphatic heterocycles. The molecule has 1 rings (SSSR count). The van der Waals surface area contributed by atoms with E-state index in [0.717, 1.165) is 31.6 Å². The fourth-order valence-electron chi connectivity index (χ4n) is 1.84. The van der Waals surface area contributed by atoms with Crippen molar-refractivity contribution in [2.24, 2.45) is 10.9 Å². The van der Waals surface area contributed by atoms with Crippen molar-refractivity contribution in [2.45, 2.75) is 19.8 Å². The zero-order valence-corrected chi connectivity index (χ0v) is 18.1. The quantitative estimate of drug-likeness (QED) is 0.196. The molecule has 0 radical (unpaired) electrons. The molecule has 1 N–H and O–H groups in total. The van der Waals surface area contributed by atoms with Gasteiger partial charge < -0.3 is 19.7 Å². The summed E-state index contributed by atoms with van der Waals surface area (Å²) in [5, 5.41) is 3.23. The zero-order valence-electron chi connectivity index (χ0n) is 15.0. The van der Waals surface area contributed by atoms with Gasteiger partial charge in [0.05, 0.1) is 32.1 Å². The van der Waals surface area contributed by atoms with Crippen LogP contribution in [0.4, 0.5) is 0 Å². The van der Waals surface area contributed by atoms with Gasteiger partial charge in [-0.05, 0) is 25.7 Å². The van der Waals surface area contributed by atoms with E-state index in [1.165, 1.54) is 19.1 Å². The molecule has 0 aromatic carbocycles. The summed E-state index contributed by atoms with van der Waals surface area (Å²) in [6.07, 6.45) is 3.82. The summed E-state index contributed by atoms with van der Waals surface area (Å²) in [5.41, 5.74) is 0. The Bertz CT molecular complexity index is 456. The second kappa shape index (κ2) is 13.1. The summed E-state index contributed by atoms with van der Waals surface area (Å²) in [7, 11) is -0.981. The second-order valence-corrected chi connectivity index (χ2v) is 8.18. The van der Waals surface area contributed by atoms with Gasteiger partial charge in [-0.3, -0.25) is 4.99 Å². The van der Waals surface area contributed by atoms with Crippen molar-refractivity contribution in [3.63, 3.8) is 0 Å². The summed E-state index contributed by atoms with van der Waals surface area (Å²) < 4.78 is 32.9. The topological polar surface area (TPSA) is 80.2 Å². The Labute approximate surface area is 163 Å². The third-order valence-electron chi connectivity index (χ3n) is 3.41. The zero-order chi connectivity index (χ0) is 17.1. The van der Waals surface area contributed by atoms with Gasteiger partial charge in [0.25, 0.3) is 0 Å². The van der Waals surface area contributed by atoms with Gasteiger partial charge in [-0.25, -0.2) is 8.42 Å². The first-order valence-corrected chi connectivity index (χ1v) is 10.3. The Kier molecular flexibility index (Phi) is 13.1. The molecule has 1 fully saturated rings. The number of ether oxygens (including phenoxy) is 2. The van der Waals surface area contributed by atoms with E-state index in [1.54, 1.807) is 0 Å². The number of guanidine groups is 1. The van der Waals surface area contributed by atoms with Crippen molar-refractivity contribution >= 4 is 39.8 Å². The second-order valence-electron chi connectivity index (χ2n) is 5.92. The van der Waals surface area contributed by atoms with Crippen LogP contribution >= 0.6 is 24.0 Å². The van der Waals surface area contributed by atoms with E-state index in [0.29, 0.717) is 19.8 Å². The number of hydrogen-bond donors (Lipinski definition) is 1. The number of halogens is 1. The van der Waals surface area contributed by atoms with E-state index in [1.807, 2.05) is 18.9 Å². The maximum absolute atomic E-state index is 11.0. The molecule has 0 aromatic rings. The molecule has 144 valence electrons. The first-order valence-electron chi connectivity index (χ1n) is 8.25. The lowest BCUT2D eigenvalue weighted by molar-refractivity contribution is 0.115. The van der Waals surface area contributed by atoms with Gasteiger partial charge in [0, 0.05) is 33.0 Å². The van der Waals surface area contributed by atoms with E-state index < -0.39 is 9.84 Å². The van der Waals surface area contributed by atoms with Crippen LogP contribution < -0.4 is 5.32 Å². The molecule has 0 bridgehead atoms. The molecular formula is C15H32IN3O4S. The first kappa shape index (κ1) is 23.9. The van der Waals surface area contributed by atoms with E-state index in [2.05, 4.69) is 10.3 Å². The molecule has 0 atom stereocenters. The predicted molar refractivity (Wildman–Crippen MR) is 108 cm³/mol. The minimum Gasteiger partial charge on any atom is -0.379 e. The van der Waals surface area contributed by atoms with Crippen molar-refractivity contribution in [2.75, 3.05) is 65.1 Å². The lowest BCUT2D eigenvalue weighted by Gasteiger charge is -2.22. The van der Waals surface area contributed by atoms with Crippen LogP contribution in [0.15, 0.2) is 4.99 Å². The highest BCUT2D eigenvalue weighted by atomic mass is 127. The van der Waals surface area contributed by atoms with Crippen LogP contribution in [0.1, 0.15) is 19.8 Å². The molecule has 7 nitrogen and oxygen atoms in total. The van der Waals surface area contributed by atoms with Crippen molar-refractivity contribution < 1.29 is 17.9 Å². The fourth-order valence-corrected chi connectivity index (χ4v) is 2.26. The average Bonchev–Trinajstić information content (AvgIpc) is 3.29. The lowest BCUT2D eigenvalue weighted by Crippen LogP contribution is -2.40. The van der Waals surface area contributed by atoms with Gasteiger partial charge in [0.1, 0.15) is 9.84 Å². The van der Waals surface area contributed by atoms with Crippen molar-refractivity contribution in [1.82, 2.24) is 10.2 Å². The number of aliphatic imine (C=N–C) groups is 1. The normalized spacial score (nSPS) is 15.0. The minimum atomic E-state index is -2.96. The summed E-state index contributed by atoms with van der Waals surface area (Å²) in [5.74, 6) is 1.65. The summed E-state index contributed by atoms with van der Waals surface area (Å²) >= 11 is 0. The van der Waals surface area contributed by atoms with Gasteiger partial charge >= 0.3 is 0 Å². The Hall–Kier alpha value is -0.130. The smallest absolute Gasteiger partial charge is 0.193 e. The standard InChI is InChI=1S/C15H31N3O4S.HI/c1-4-16-15(17-7-9-21-11-12-23(3,19)20)18(2)8-10-22-13-14-5-6-14;/h14H,4-13H2,1-3H3,(H,16,17);1H. The Morgan fingerprint density at radius 3 is 2.54 bits per heavy atom. The molecule has 1 aliphatic carbocycles. The molecule has 0 spiro atoms. The first-order chi connectivity index (χ1) is 10.9. The van der Waals surface area contributed by atoms with E-state index >= 15 is 0 Å². The summed E-state index contributed by atoms with van der Waals surface area (Å²) in [6.45, 7) is 6.30. The Morgan fingerprint density at radius 2 is 1.96 bits per heavy atom. The average molecular weight is 477 g/mol. The van der Waals surface area contributed by atoms with Crippen molar-refractivity contribution in [3.05, 3.63) is 0 Å². The largest absolute Gasteiger partial charge is 0.379 e. The molecule has 0 saturated heterocycles. The van der Waals surface area contributed by atoms with Crippen molar-refractivity contribution in [3.8, 4) is 0 Å². The van der Waals surface area contributed by atoms with E-state index in [9.17, 15) is 8.42 Å². The number of sulfone groups is 1. The fraction of sp³-hybridized carbons (Fsp3) is 0.933. The molecule has 0 amide bonds. The number of nitrogens with one attached hydrogen (secondary N) is 1. The minimum absolute atomic E-state index is 0. The Balaban J connectivity index is 0.00000529. The molecular weight excluding hydrogens is 445 g/mol. The molecule has 1 saturated carbocycles. The van der Waals surface area contributed by atoms with Crippen molar-refractivity contribution in [1.29, 1.82) is 0 Å².